The number of carbonyl (C=O) groups is 2. The molecule has 0 radical (unpaired) electrons. The summed E-state index contributed by atoms with van der Waals surface area (Å²) in [7, 11) is 1.48. The van der Waals surface area contributed by atoms with Crippen molar-refractivity contribution in [2.75, 3.05) is 33.4 Å². The van der Waals surface area contributed by atoms with E-state index in [1.807, 2.05) is 6.92 Å². The van der Waals surface area contributed by atoms with Gasteiger partial charge in [0.25, 0.3) is 11.8 Å². The molecule has 2 aromatic rings. The van der Waals surface area contributed by atoms with Crippen LogP contribution in [0.4, 0.5) is 0 Å². The zero-order chi connectivity index (χ0) is 20.4. The lowest BCUT2D eigenvalue weighted by molar-refractivity contribution is -0.123. The summed E-state index contributed by atoms with van der Waals surface area (Å²) in [5.41, 5.74) is 0.333. The summed E-state index contributed by atoms with van der Waals surface area (Å²) in [6, 6.07) is 11.8. The van der Waals surface area contributed by atoms with E-state index in [4.69, 9.17) is 25.8 Å². The van der Waals surface area contributed by atoms with E-state index in [-0.39, 0.29) is 31.5 Å². The Morgan fingerprint density at radius 1 is 0.964 bits per heavy atom. The third-order valence-corrected chi connectivity index (χ3v) is 3.88. The number of hydrogen-bond acceptors (Lipinski definition) is 5. The van der Waals surface area contributed by atoms with Crippen molar-refractivity contribution >= 4 is 23.4 Å². The predicted molar refractivity (Wildman–Crippen MR) is 106 cm³/mol. The summed E-state index contributed by atoms with van der Waals surface area (Å²) >= 11 is 5.92. The fraction of sp³-hybridized carbons (Fsp3) is 0.300. The number of nitrogens with one attached hydrogen (secondary N) is 2. The molecule has 0 aliphatic carbocycles. The standard InChI is InChI=1S/C20H23ClN2O5/c1-3-27-15-5-7-16(8-6-15)28-13-19(24)22-10-11-23-20(25)17-12-14(21)4-9-18(17)26-2/h4-9,12H,3,10-11,13H2,1-2H3,(H,22,24)(H,23,25). The van der Waals surface area contributed by atoms with Crippen molar-refractivity contribution in [2.24, 2.45) is 0 Å². The molecule has 0 bridgehead atoms. The molecule has 0 spiro atoms. The van der Waals surface area contributed by atoms with E-state index < -0.39 is 0 Å². The maximum Gasteiger partial charge on any atom is 0.258 e. The summed E-state index contributed by atoms with van der Waals surface area (Å²) in [5.74, 6) is 1.11. The molecule has 0 heterocycles. The SMILES string of the molecule is CCOc1ccc(OCC(=O)NCCNC(=O)c2cc(Cl)ccc2OC)cc1. The van der Waals surface area contributed by atoms with Crippen LogP contribution in [-0.2, 0) is 4.79 Å². The number of rotatable bonds is 10. The van der Waals surface area contributed by atoms with E-state index in [0.29, 0.717) is 28.7 Å². The van der Waals surface area contributed by atoms with Gasteiger partial charge in [0.05, 0.1) is 19.3 Å². The Labute approximate surface area is 168 Å². The van der Waals surface area contributed by atoms with Gasteiger partial charge < -0.3 is 24.8 Å². The molecule has 150 valence electrons. The number of hydrogen-bond donors (Lipinski definition) is 2. The molecule has 0 atom stereocenters. The maximum absolute atomic E-state index is 12.2. The van der Waals surface area contributed by atoms with Gasteiger partial charge >= 0.3 is 0 Å². The van der Waals surface area contributed by atoms with Crippen LogP contribution in [0.3, 0.4) is 0 Å². The first-order valence-corrected chi connectivity index (χ1v) is 9.15. The second-order valence-electron chi connectivity index (χ2n) is 5.64. The topological polar surface area (TPSA) is 85.9 Å². The molecule has 2 N–H and O–H groups in total. The lowest BCUT2D eigenvalue weighted by Gasteiger charge is -2.11. The highest BCUT2D eigenvalue weighted by atomic mass is 35.5. The molecule has 0 fully saturated rings. The summed E-state index contributed by atoms with van der Waals surface area (Å²) in [6.07, 6.45) is 0. The molecule has 0 unspecified atom stereocenters. The van der Waals surface area contributed by atoms with E-state index in [1.165, 1.54) is 13.2 Å². The smallest absolute Gasteiger partial charge is 0.258 e. The minimum atomic E-state index is -0.334. The molecule has 2 amide bonds. The monoisotopic (exact) mass is 406 g/mol. The Morgan fingerprint density at radius 2 is 1.61 bits per heavy atom. The first kappa shape index (κ1) is 21.4. The van der Waals surface area contributed by atoms with Crippen molar-refractivity contribution in [3.63, 3.8) is 0 Å². The van der Waals surface area contributed by atoms with E-state index in [9.17, 15) is 9.59 Å². The van der Waals surface area contributed by atoms with Gasteiger partial charge in [0.2, 0.25) is 0 Å². The molecule has 8 heteroatoms. The van der Waals surface area contributed by atoms with Gasteiger partial charge in [0.15, 0.2) is 6.61 Å². The third kappa shape index (κ3) is 6.66. The number of methoxy groups -OCH3 is 1. The van der Waals surface area contributed by atoms with Crippen LogP contribution in [0.25, 0.3) is 0 Å². The number of benzene rings is 2. The van der Waals surface area contributed by atoms with Gasteiger partial charge in [-0.2, -0.15) is 0 Å². The average molecular weight is 407 g/mol. The lowest BCUT2D eigenvalue weighted by Crippen LogP contribution is -2.36. The van der Waals surface area contributed by atoms with E-state index >= 15 is 0 Å². The number of amides is 2. The predicted octanol–water partition coefficient (Wildman–Crippen LogP) is 2.67. The molecule has 0 aliphatic heterocycles. The average Bonchev–Trinajstić information content (AvgIpc) is 2.70. The molecule has 2 aromatic carbocycles. The van der Waals surface area contributed by atoms with Crippen LogP contribution in [-0.4, -0.2) is 45.2 Å². The van der Waals surface area contributed by atoms with Crippen LogP contribution in [0.1, 0.15) is 17.3 Å². The fourth-order valence-electron chi connectivity index (χ4n) is 2.33. The highest BCUT2D eigenvalue weighted by Crippen LogP contribution is 2.22. The van der Waals surface area contributed by atoms with Crippen molar-refractivity contribution in [1.29, 1.82) is 0 Å². The minimum Gasteiger partial charge on any atom is -0.496 e. The van der Waals surface area contributed by atoms with Gasteiger partial charge in [0, 0.05) is 18.1 Å². The summed E-state index contributed by atoms with van der Waals surface area (Å²) < 4.78 is 15.9. The number of halogens is 1. The van der Waals surface area contributed by atoms with Crippen LogP contribution < -0.4 is 24.8 Å². The minimum absolute atomic E-state index is 0.121. The van der Waals surface area contributed by atoms with Crippen molar-refractivity contribution < 1.29 is 23.8 Å². The van der Waals surface area contributed by atoms with Crippen LogP contribution in [0.15, 0.2) is 42.5 Å². The molecular formula is C20H23ClN2O5. The van der Waals surface area contributed by atoms with Crippen molar-refractivity contribution in [1.82, 2.24) is 10.6 Å². The second kappa shape index (κ2) is 11.0. The van der Waals surface area contributed by atoms with E-state index in [2.05, 4.69) is 10.6 Å². The summed E-state index contributed by atoms with van der Waals surface area (Å²) in [4.78, 5) is 24.0. The molecule has 0 aliphatic rings. The van der Waals surface area contributed by atoms with Gasteiger partial charge in [-0.25, -0.2) is 0 Å². The van der Waals surface area contributed by atoms with E-state index in [1.54, 1.807) is 36.4 Å². The molecular weight excluding hydrogens is 384 g/mol. The Morgan fingerprint density at radius 3 is 2.25 bits per heavy atom. The summed E-state index contributed by atoms with van der Waals surface area (Å²) in [5, 5.41) is 5.81. The first-order valence-electron chi connectivity index (χ1n) is 8.77. The maximum atomic E-state index is 12.2. The second-order valence-corrected chi connectivity index (χ2v) is 6.08. The molecule has 0 aromatic heterocycles. The van der Waals surface area contributed by atoms with Gasteiger partial charge in [0.1, 0.15) is 17.2 Å². The van der Waals surface area contributed by atoms with Gasteiger partial charge in [-0.3, -0.25) is 9.59 Å². The zero-order valence-electron chi connectivity index (χ0n) is 15.8. The number of carbonyl (C=O) groups excluding carboxylic acids is 2. The Balaban J connectivity index is 1.69. The van der Waals surface area contributed by atoms with Crippen LogP contribution in [0.5, 0.6) is 17.2 Å². The Bertz CT molecular complexity index is 796. The largest absolute Gasteiger partial charge is 0.496 e. The van der Waals surface area contributed by atoms with Crippen molar-refractivity contribution in [3.8, 4) is 17.2 Å². The van der Waals surface area contributed by atoms with Crippen LogP contribution >= 0.6 is 11.6 Å². The highest BCUT2D eigenvalue weighted by Gasteiger charge is 2.12. The summed E-state index contributed by atoms with van der Waals surface area (Å²) in [6.45, 7) is 2.89. The molecule has 7 nitrogen and oxygen atoms in total. The molecule has 0 saturated carbocycles. The molecule has 2 rings (SSSR count). The fourth-order valence-corrected chi connectivity index (χ4v) is 2.50. The number of ether oxygens (including phenoxy) is 3. The quantitative estimate of drug-likeness (QED) is 0.592. The van der Waals surface area contributed by atoms with Crippen LogP contribution in [0.2, 0.25) is 5.02 Å². The zero-order valence-corrected chi connectivity index (χ0v) is 16.5. The molecule has 0 saturated heterocycles. The normalized spacial score (nSPS) is 10.1. The van der Waals surface area contributed by atoms with Crippen molar-refractivity contribution in [2.45, 2.75) is 6.92 Å². The van der Waals surface area contributed by atoms with Gasteiger partial charge in [-0.15, -0.1) is 0 Å². The van der Waals surface area contributed by atoms with Crippen LogP contribution in [0, 0.1) is 0 Å². The third-order valence-electron chi connectivity index (χ3n) is 3.64. The first-order chi connectivity index (χ1) is 13.5. The van der Waals surface area contributed by atoms with Crippen molar-refractivity contribution in [3.05, 3.63) is 53.1 Å². The molecule has 28 heavy (non-hydrogen) atoms. The Kier molecular flexibility index (Phi) is 8.42. The van der Waals surface area contributed by atoms with Gasteiger partial charge in [-0.1, -0.05) is 11.6 Å². The Hall–Kier alpha value is -2.93. The van der Waals surface area contributed by atoms with Gasteiger partial charge in [-0.05, 0) is 49.4 Å². The lowest BCUT2D eigenvalue weighted by atomic mass is 10.2. The van der Waals surface area contributed by atoms with E-state index in [0.717, 1.165) is 5.75 Å². The highest BCUT2D eigenvalue weighted by molar-refractivity contribution is 6.31.